The molecule has 2 aromatic rings. The van der Waals surface area contributed by atoms with Crippen molar-refractivity contribution in [2.24, 2.45) is 0 Å². The van der Waals surface area contributed by atoms with Gasteiger partial charge < -0.3 is 10.3 Å². The van der Waals surface area contributed by atoms with Crippen molar-refractivity contribution in [3.63, 3.8) is 0 Å². The maximum atomic E-state index is 11.1. The Morgan fingerprint density at radius 3 is 2.82 bits per heavy atom. The van der Waals surface area contributed by atoms with Crippen LogP contribution in [0.25, 0.3) is 0 Å². The van der Waals surface area contributed by atoms with Gasteiger partial charge in [-0.15, -0.1) is 0 Å². The van der Waals surface area contributed by atoms with Gasteiger partial charge >= 0.3 is 0 Å². The van der Waals surface area contributed by atoms with Crippen molar-refractivity contribution >= 4 is 5.82 Å². The van der Waals surface area contributed by atoms with Crippen LogP contribution in [0.4, 0.5) is 5.82 Å². The Morgan fingerprint density at radius 2 is 2.12 bits per heavy atom. The third-order valence-corrected chi connectivity index (χ3v) is 2.46. The predicted octanol–water partition coefficient (Wildman–Crippen LogP) is 1.81. The van der Waals surface area contributed by atoms with Crippen molar-refractivity contribution in [1.29, 1.82) is 0 Å². The van der Waals surface area contributed by atoms with Crippen molar-refractivity contribution < 1.29 is 0 Å². The molecule has 0 amide bonds. The van der Waals surface area contributed by atoms with Crippen molar-refractivity contribution in [1.82, 2.24) is 9.97 Å². The number of hydrogen-bond donors (Lipinski definition) is 2. The van der Waals surface area contributed by atoms with E-state index in [1.165, 1.54) is 18.0 Å². The minimum Gasteiger partial charge on any atom is -0.367 e. The maximum absolute atomic E-state index is 11.1. The average molecular weight is 229 g/mol. The highest BCUT2D eigenvalue weighted by molar-refractivity contribution is 5.33. The monoisotopic (exact) mass is 229 g/mol. The topological polar surface area (TPSA) is 57.8 Å². The van der Waals surface area contributed by atoms with E-state index in [9.17, 15) is 4.79 Å². The number of aromatic amines is 1. The fourth-order valence-electron chi connectivity index (χ4n) is 1.72. The lowest BCUT2D eigenvalue weighted by Gasteiger charge is -2.13. The Labute approximate surface area is 99.7 Å². The molecule has 0 aliphatic carbocycles. The van der Waals surface area contributed by atoms with Crippen LogP contribution >= 0.6 is 0 Å². The Balaban J connectivity index is 1.98. The van der Waals surface area contributed by atoms with Gasteiger partial charge in [0.15, 0.2) is 0 Å². The molecule has 4 heteroatoms. The molecule has 0 fully saturated rings. The minimum absolute atomic E-state index is 0.144. The fraction of sp³-hybridized carbons (Fsp3) is 0.231. The summed E-state index contributed by atoms with van der Waals surface area (Å²) >= 11 is 0. The summed E-state index contributed by atoms with van der Waals surface area (Å²) in [5, 5.41) is 3.20. The van der Waals surface area contributed by atoms with Gasteiger partial charge in [-0.3, -0.25) is 4.79 Å². The van der Waals surface area contributed by atoms with Crippen molar-refractivity contribution in [2.75, 3.05) is 5.32 Å². The summed E-state index contributed by atoms with van der Waals surface area (Å²) in [5.41, 5.74) is 1.12. The third-order valence-electron chi connectivity index (χ3n) is 2.46. The SMILES string of the molecule is CC(Cc1ccccc1)Nc1cc(=O)[nH]cn1. The highest BCUT2D eigenvalue weighted by atomic mass is 16.1. The molecule has 1 unspecified atom stereocenters. The number of H-pyrrole nitrogens is 1. The molecule has 4 nitrogen and oxygen atoms in total. The molecule has 1 aromatic carbocycles. The van der Waals surface area contributed by atoms with E-state index in [0.29, 0.717) is 5.82 Å². The predicted molar refractivity (Wildman–Crippen MR) is 68.1 cm³/mol. The maximum Gasteiger partial charge on any atom is 0.252 e. The zero-order chi connectivity index (χ0) is 12.1. The first-order chi connectivity index (χ1) is 8.24. The first-order valence-corrected chi connectivity index (χ1v) is 5.59. The van der Waals surface area contributed by atoms with Crippen molar-refractivity contribution in [3.8, 4) is 0 Å². The Hall–Kier alpha value is -2.10. The second kappa shape index (κ2) is 5.30. The summed E-state index contributed by atoms with van der Waals surface area (Å²) in [4.78, 5) is 17.6. The Bertz CT molecular complexity index is 521. The molecule has 88 valence electrons. The largest absolute Gasteiger partial charge is 0.367 e. The number of aromatic nitrogens is 2. The molecule has 2 rings (SSSR count). The van der Waals surface area contributed by atoms with Crippen LogP contribution in [0.15, 0.2) is 47.5 Å². The van der Waals surface area contributed by atoms with E-state index >= 15 is 0 Å². The van der Waals surface area contributed by atoms with Crippen LogP contribution in [0.2, 0.25) is 0 Å². The molecular formula is C13H15N3O. The standard InChI is InChI=1S/C13H15N3O/c1-10(7-11-5-3-2-4-6-11)16-12-8-13(17)15-9-14-12/h2-6,8-10H,7H2,1H3,(H2,14,15,16,17). The van der Waals surface area contributed by atoms with Crippen LogP contribution in [0.1, 0.15) is 12.5 Å². The average Bonchev–Trinajstić information content (AvgIpc) is 2.30. The van der Waals surface area contributed by atoms with E-state index in [-0.39, 0.29) is 11.6 Å². The van der Waals surface area contributed by atoms with Crippen LogP contribution in [0, 0.1) is 0 Å². The summed E-state index contributed by atoms with van der Waals surface area (Å²) in [6.45, 7) is 2.07. The Morgan fingerprint density at radius 1 is 1.35 bits per heavy atom. The number of benzene rings is 1. The molecule has 2 N–H and O–H groups in total. The van der Waals surface area contributed by atoms with E-state index in [1.807, 2.05) is 18.2 Å². The molecule has 0 saturated heterocycles. The van der Waals surface area contributed by atoms with Gasteiger partial charge in [0.1, 0.15) is 5.82 Å². The lowest BCUT2D eigenvalue weighted by molar-refractivity contribution is 0.783. The summed E-state index contributed by atoms with van der Waals surface area (Å²) in [6, 6.07) is 11.9. The summed E-state index contributed by atoms with van der Waals surface area (Å²) in [5.74, 6) is 0.609. The van der Waals surface area contributed by atoms with Crippen LogP contribution in [0.5, 0.6) is 0 Å². The van der Waals surface area contributed by atoms with Crippen LogP contribution in [0.3, 0.4) is 0 Å². The molecule has 17 heavy (non-hydrogen) atoms. The lowest BCUT2D eigenvalue weighted by Crippen LogP contribution is -2.20. The van der Waals surface area contributed by atoms with E-state index in [1.54, 1.807) is 0 Å². The quantitative estimate of drug-likeness (QED) is 0.840. The van der Waals surface area contributed by atoms with Crippen molar-refractivity contribution in [2.45, 2.75) is 19.4 Å². The van der Waals surface area contributed by atoms with E-state index in [0.717, 1.165) is 6.42 Å². The number of hydrogen-bond acceptors (Lipinski definition) is 3. The molecule has 0 radical (unpaired) electrons. The molecule has 1 aromatic heterocycles. The molecule has 0 saturated carbocycles. The fourth-order valence-corrected chi connectivity index (χ4v) is 1.72. The smallest absolute Gasteiger partial charge is 0.252 e. The van der Waals surface area contributed by atoms with Crippen LogP contribution < -0.4 is 10.9 Å². The van der Waals surface area contributed by atoms with Crippen LogP contribution in [-0.2, 0) is 6.42 Å². The van der Waals surface area contributed by atoms with E-state index in [2.05, 4.69) is 34.3 Å². The summed E-state index contributed by atoms with van der Waals surface area (Å²) < 4.78 is 0. The number of anilines is 1. The van der Waals surface area contributed by atoms with Gasteiger partial charge in [0.05, 0.1) is 6.33 Å². The van der Waals surface area contributed by atoms with E-state index in [4.69, 9.17) is 0 Å². The van der Waals surface area contributed by atoms with Gasteiger partial charge in [-0.25, -0.2) is 4.98 Å². The number of rotatable bonds is 4. The molecule has 0 bridgehead atoms. The zero-order valence-electron chi connectivity index (χ0n) is 9.68. The molecular weight excluding hydrogens is 214 g/mol. The zero-order valence-corrected chi connectivity index (χ0v) is 9.68. The van der Waals surface area contributed by atoms with E-state index < -0.39 is 0 Å². The number of nitrogens with zero attached hydrogens (tertiary/aromatic N) is 1. The minimum atomic E-state index is -0.144. The normalized spacial score (nSPS) is 12.1. The second-order valence-electron chi connectivity index (χ2n) is 4.03. The van der Waals surface area contributed by atoms with Gasteiger partial charge in [-0.2, -0.15) is 0 Å². The first-order valence-electron chi connectivity index (χ1n) is 5.59. The van der Waals surface area contributed by atoms with Crippen LogP contribution in [-0.4, -0.2) is 16.0 Å². The van der Waals surface area contributed by atoms with Crippen molar-refractivity contribution in [3.05, 3.63) is 58.6 Å². The highest BCUT2D eigenvalue weighted by Gasteiger charge is 2.04. The van der Waals surface area contributed by atoms with Gasteiger partial charge in [0, 0.05) is 12.1 Å². The molecule has 0 spiro atoms. The highest BCUT2D eigenvalue weighted by Crippen LogP contribution is 2.06. The number of nitrogens with one attached hydrogen (secondary N) is 2. The summed E-state index contributed by atoms with van der Waals surface area (Å²) in [7, 11) is 0. The molecule has 1 atom stereocenters. The summed E-state index contributed by atoms with van der Waals surface area (Å²) in [6.07, 6.45) is 2.30. The van der Waals surface area contributed by atoms with Gasteiger partial charge in [-0.05, 0) is 18.9 Å². The third kappa shape index (κ3) is 3.45. The first kappa shape index (κ1) is 11.4. The molecule has 0 aliphatic heterocycles. The molecule has 0 aliphatic rings. The van der Waals surface area contributed by atoms with Gasteiger partial charge in [0.2, 0.25) is 0 Å². The van der Waals surface area contributed by atoms with Gasteiger partial charge in [0.25, 0.3) is 5.56 Å². The molecule has 1 heterocycles. The lowest BCUT2D eigenvalue weighted by atomic mass is 10.1. The van der Waals surface area contributed by atoms with Gasteiger partial charge in [-0.1, -0.05) is 30.3 Å². The Kier molecular flexibility index (Phi) is 3.55. The second-order valence-corrected chi connectivity index (χ2v) is 4.03.